The molecule has 0 amide bonds. The lowest BCUT2D eigenvalue weighted by Crippen LogP contribution is -2.70. The van der Waals surface area contributed by atoms with Crippen LogP contribution in [0.3, 0.4) is 0 Å². The molecule has 0 aromatic carbocycles. The molecule has 0 aliphatic heterocycles. The number of halogens is 13. The van der Waals surface area contributed by atoms with Crippen molar-refractivity contribution in [2.24, 2.45) is 0 Å². The van der Waals surface area contributed by atoms with E-state index in [0.29, 0.717) is 0 Å². The van der Waals surface area contributed by atoms with Crippen LogP contribution in [0.4, 0.5) is 57.1 Å². The van der Waals surface area contributed by atoms with Crippen LogP contribution in [0.1, 0.15) is 13.3 Å². The van der Waals surface area contributed by atoms with Gasteiger partial charge in [0.2, 0.25) is 0 Å². The Bertz CT molecular complexity index is 625. The first-order chi connectivity index (χ1) is 13.1. The number of rotatable bonds is 11. The molecule has 3 nitrogen and oxygen atoms in total. The summed E-state index contributed by atoms with van der Waals surface area (Å²) in [5.41, 5.74) is -0.548. The van der Waals surface area contributed by atoms with Crippen molar-refractivity contribution >= 4 is 5.97 Å². The van der Waals surface area contributed by atoms with Crippen LogP contribution in [0.15, 0.2) is 12.2 Å². The average Bonchev–Trinajstić information content (AvgIpc) is 2.56. The lowest BCUT2D eigenvalue weighted by molar-refractivity contribution is -0.440. The van der Waals surface area contributed by atoms with Crippen molar-refractivity contribution in [1.29, 1.82) is 0 Å². The summed E-state index contributed by atoms with van der Waals surface area (Å²) < 4.78 is 176. The predicted molar refractivity (Wildman–Crippen MR) is 72.0 cm³/mol. The monoisotopic (exact) mass is 476 g/mol. The summed E-state index contributed by atoms with van der Waals surface area (Å²) in [6, 6.07) is 0. The van der Waals surface area contributed by atoms with Crippen molar-refractivity contribution in [2.45, 2.75) is 49.1 Å². The van der Waals surface area contributed by atoms with Crippen LogP contribution in [-0.4, -0.2) is 61.6 Å². The number of alkyl halides is 13. The maximum absolute atomic E-state index is 13.4. The molecule has 0 rings (SSSR count). The normalized spacial score (nSPS) is 14.6. The van der Waals surface area contributed by atoms with Gasteiger partial charge in [0.25, 0.3) is 0 Å². The molecule has 0 bridgehead atoms. The third-order valence-corrected chi connectivity index (χ3v) is 3.40. The van der Waals surface area contributed by atoms with Crippen LogP contribution in [0.25, 0.3) is 0 Å². The summed E-state index contributed by atoms with van der Waals surface area (Å²) in [7, 11) is 0. The first-order valence-electron chi connectivity index (χ1n) is 7.50. The second-order valence-corrected chi connectivity index (χ2v) is 5.63. The van der Waals surface area contributed by atoms with E-state index < -0.39 is 67.0 Å². The minimum absolute atomic E-state index is 0.159. The van der Waals surface area contributed by atoms with E-state index in [-0.39, 0.29) is 6.61 Å². The van der Waals surface area contributed by atoms with Crippen LogP contribution in [-0.2, 0) is 14.3 Å². The molecule has 0 N–H and O–H groups in total. The van der Waals surface area contributed by atoms with Gasteiger partial charge in [-0.1, -0.05) is 6.58 Å². The molecule has 0 saturated carbocycles. The number of ether oxygens (including phenoxy) is 2. The smallest absolute Gasteiger partial charge is 0.460 e. The van der Waals surface area contributed by atoms with Crippen LogP contribution >= 0.6 is 0 Å². The van der Waals surface area contributed by atoms with E-state index in [1.165, 1.54) is 6.92 Å². The first kappa shape index (κ1) is 28.3. The van der Waals surface area contributed by atoms with Crippen molar-refractivity contribution < 1.29 is 71.3 Å². The SMILES string of the molecule is C=C(COCCC(F)(F)C(F)(F)C(F)(F)C(F)(F)C(F)(F)C(F)(F)F)C(=O)OCC. The average molecular weight is 476 g/mol. The van der Waals surface area contributed by atoms with Gasteiger partial charge in [0.05, 0.1) is 25.4 Å². The second-order valence-electron chi connectivity index (χ2n) is 5.63. The lowest BCUT2D eigenvalue weighted by atomic mass is 9.93. The number of hydrogen-bond donors (Lipinski definition) is 0. The zero-order chi connectivity index (χ0) is 24.4. The highest BCUT2D eigenvalue weighted by Gasteiger charge is 2.90. The van der Waals surface area contributed by atoms with Crippen molar-refractivity contribution in [3.8, 4) is 0 Å². The van der Waals surface area contributed by atoms with Crippen LogP contribution in [0, 0.1) is 0 Å². The fourth-order valence-electron chi connectivity index (χ4n) is 1.65. The molecule has 0 heterocycles. The van der Waals surface area contributed by atoms with Crippen LogP contribution in [0.2, 0.25) is 0 Å². The maximum atomic E-state index is 13.4. The Balaban J connectivity index is 5.47. The van der Waals surface area contributed by atoms with Gasteiger partial charge in [0, 0.05) is 6.42 Å². The fraction of sp³-hybridized carbons (Fsp3) is 0.786. The third kappa shape index (κ3) is 4.94. The molecule has 0 unspecified atom stereocenters. The van der Waals surface area contributed by atoms with Crippen LogP contribution in [0.5, 0.6) is 0 Å². The summed E-state index contributed by atoms with van der Waals surface area (Å²) in [6.45, 7) is 1.64. The van der Waals surface area contributed by atoms with E-state index in [0.717, 1.165) is 0 Å². The number of hydrogen-bond acceptors (Lipinski definition) is 3. The minimum Gasteiger partial charge on any atom is -0.463 e. The highest BCUT2D eigenvalue weighted by atomic mass is 19.4. The zero-order valence-electron chi connectivity index (χ0n) is 14.7. The standard InChI is InChI=1S/C14H13F13O3/c1-3-30-8(28)7(2)6-29-5-4-9(15,16)10(17,18)11(19,20)12(21,22)13(23,24)14(25,26)27/h2-6H2,1H3. The van der Waals surface area contributed by atoms with Gasteiger partial charge >= 0.3 is 41.8 Å². The molecule has 0 atom stereocenters. The van der Waals surface area contributed by atoms with Crippen molar-refractivity contribution in [3.05, 3.63) is 12.2 Å². The Hall–Kier alpha value is -1.74. The fourth-order valence-corrected chi connectivity index (χ4v) is 1.65. The second kappa shape index (κ2) is 8.78. The van der Waals surface area contributed by atoms with Gasteiger partial charge in [0.1, 0.15) is 0 Å². The largest absolute Gasteiger partial charge is 0.463 e. The van der Waals surface area contributed by atoms with E-state index >= 15 is 0 Å². The quantitative estimate of drug-likeness (QED) is 0.177. The molecule has 0 fully saturated rings. The summed E-state index contributed by atoms with van der Waals surface area (Å²) in [5, 5.41) is 0. The highest BCUT2D eigenvalue weighted by Crippen LogP contribution is 2.60. The Morgan fingerprint density at radius 2 is 1.20 bits per heavy atom. The summed E-state index contributed by atoms with van der Waals surface area (Å²) >= 11 is 0. The van der Waals surface area contributed by atoms with Gasteiger partial charge in [-0.15, -0.1) is 0 Å². The van der Waals surface area contributed by atoms with Crippen molar-refractivity contribution in [3.63, 3.8) is 0 Å². The van der Waals surface area contributed by atoms with Crippen LogP contribution < -0.4 is 0 Å². The molecular formula is C14H13F13O3. The molecule has 0 aliphatic carbocycles. The summed E-state index contributed by atoms with van der Waals surface area (Å²) in [6.07, 6.45) is -9.97. The van der Waals surface area contributed by atoms with Gasteiger partial charge in [0.15, 0.2) is 0 Å². The van der Waals surface area contributed by atoms with Gasteiger partial charge in [-0.3, -0.25) is 0 Å². The van der Waals surface area contributed by atoms with Gasteiger partial charge in [-0.05, 0) is 6.92 Å². The molecule has 0 saturated heterocycles. The highest BCUT2D eigenvalue weighted by molar-refractivity contribution is 5.87. The molecule has 16 heteroatoms. The minimum atomic E-state index is -7.94. The first-order valence-corrected chi connectivity index (χ1v) is 7.50. The number of esters is 1. The van der Waals surface area contributed by atoms with E-state index in [1.54, 1.807) is 0 Å². The topological polar surface area (TPSA) is 35.5 Å². The van der Waals surface area contributed by atoms with Gasteiger partial charge in [-0.2, -0.15) is 57.1 Å². The Morgan fingerprint density at radius 3 is 1.60 bits per heavy atom. The molecule has 0 spiro atoms. The molecule has 30 heavy (non-hydrogen) atoms. The lowest BCUT2D eigenvalue weighted by Gasteiger charge is -2.39. The molecule has 0 aliphatic rings. The predicted octanol–water partition coefficient (Wildman–Crippen LogP) is 5.25. The van der Waals surface area contributed by atoms with Crippen molar-refractivity contribution in [2.75, 3.05) is 19.8 Å². The molecule has 178 valence electrons. The van der Waals surface area contributed by atoms with E-state index in [4.69, 9.17) is 0 Å². The van der Waals surface area contributed by atoms with E-state index in [2.05, 4.69) is 16.1 Å². The number of carbonyl (C=O) groups is 1. The Labute approximate surface area is 159 Å². The maximum Gasteiger partial charge on any atom is 0.460 e. The number of carbonyl (C=O) groups excluding carboxylic acids is 1. The molecule has 0 radical (unpaired) electrons. The zero-order valence-corrected chi connectivity index (χ0v) is 14.7. The van der Waals surface area contributed by atoms with Gasteiger partial charge < -0.3 is 9.47 Å². The third-order valence-electron chi connectivity index (χ3n) is 3.40. The molecule has 0 aromatic heterocycles. The van der Waals surface area contributed by atoms with Crippen molar-refractivity contribution in [1.82, 2.24) is 0 Å². The summed E-state index contributed by atoms with van der Waals surface area (Å²) in [4.78, 5) is 11.1. The Morgan fingerprint density at radius 1 is 0.767 bits per heavy atom. The van der Waals surface area contributed by atoms with E-state index in [9.17, 15) is 61.9 Å². The Kier molecular flexibility index (Phi) is 8.27. The molecule has 0 aromatic rings. The summed E-state index contributed by atoms with van der Waals surface area (Å²) in [5.74, 6) is -38.2. The van der Waals surface area contributed by atoms with E-state index in [1.807, 2.05) is 0 Å². The molecular weight excluding hydrogens is 463 g/mol. The van der Waals surface area contributed by atoms with Gasteiger partial charge in [-0.25, -0.2) is 4.79 Å².